The number of carboxylic acids is 1. The van der Waals surface area contributed by atoms with Gasteiger partial charge in [-0.15, -0.1) is 0 Å². The smallest absolute Gasteiger partial charge is 0.341 e. The van der Waals surface area contributed by atoms with Crippen LogP contribution in [0.3, 0.4) is 0 Å². The maximum Gasteiger partial charge on any atom is 0.341 e. The van der Waals surface area contributed by atoms with Gasteiger partial charge < -0.3 is 19.1 Å². The Kier molecular flexibility index (Phi) is 3.64. The van der Waals surface area contributed by atoms with Crippen LogP contribution in [-0.2, 0) is 15.9 Å². The van der Waals surface area contributed by atoms with E-state index in [0.717, 1.165) is 43.7 Å². The molecule has 1 aromatic carbocycles. The van der Waals surface area contributed by atoms with Crippen molar-refractivity contribution in [3.63, 3.8) is 0 Å². The van der Waals surface area contributed by atoms with E-state index in [4.69, 9.17) is 9.47 Å². The minimum atomic E-state index is -1.18. The first-order chi connectivity index (χ1) is 14.1. The maximum absolute atomic E-state index is 12.5. The van der Waals surface area contributed by atoms with Gasteiger partial charge in [0.15, 0.2) is 5.43 Å². The number of benzene rings is 1. The molecule has 0 bridgehead atoms. The molecule has 2 fully saturated rings. The summed E-state index contributed by atoms with van der Waals surface area (Å²) in [6.07, 6.45) is 4.00. The lowest BCUT2D eigenvalue weighted by Crippen LogP contribution is -2.31. The summed E-state index contributed by atoms with van der Waals surface area (Å²) in [5.74, 6) is -0.776. The predicted octanol–water partition coefficient (Wildman–Crippen LogP) is 2.86. The van der Waals surface area contributed by atoms with Crippen LogP contribution < -0.4 is 5.43 Å². The molecular formula is C23H21NO5. The Morgan fingerprint density at radius 2 is 2.10 bits per heavy atom. The molecule has 4 heterocycles. The van der Waals surface area contributed by atoms with Gasteiger partial charge in [0, 0.05) is 43.5 Å². The summed E-state index contributed by atoms with van der Waals surface area (Å²) in [6, 6.07) is 8.00. The summed E-state index contributed by atoms with van der Waals surface area (Å²) < 4.78 is 13.8. The number of carboxylic acid groups (broad SMARTS) is 1. The number of nitrogens with zero attached hydrogens (tertiary/aromatic N) is 1. The fourth-order valence-corrected chi connectivity index (χ4v) is 5.57. The summed E-state index contributed by atoms with van der Waals surface area (Å²) in [6.45, 7) is 2.18. The summed E-state index contributed by atoms with van der Waals surface area (Å²) in [5.41, 5.74) is 6.38. The molecule has 0 spiro atoms. The average molecular weight is 391 g/mol. The van der Waals surface area contributed by atoms with Crippen LogP contribution in [0.2, 0.25) is 0 Å². The Hall–Kier alpha value is -2.70. The first-order valence-corrected chi connectivity index (χ1v) is 10.2. The van der Waals surface area contributed by atoms with Crippen molar-refractivity contribution in [2.45, 2.75) is 37.3 Å². The molecule has 6 heteroatoms. The van der Waals surface area contributed by atoms with Crippen LogP contribution in [-0.4, -0.2) is 41.6 Å². The number of rotatable bonds is 2. The molecule has 0 radical (unpaired) electrons. The van der Waals surface area contributed by atoms with Crippen LogP contribution in [0.1, 0.15) is 57.5 Å². The van der Waals surface area contributed by atoms with E-state index in [1.807, 2.05) is 4.57 Å². The number of hydrogen-bond donors (Lipinski definition) is 1. The van der Waals surface area contributed by atoms with E-state index in [0.29, 0.717) is 12.5 Å². The molecule has 4 aliphatic rings. The van der Waals surface area contributed by atoms with Crippen LogP contribution in [0.15, 0.2) is 35.3 Å². The van der Waals surface area contributed by atoms with Gasteiger partial charge in [0.05, 0.1) is 12.6 Å². The van der Waals surface area contributed by atoms with Crippen LogP contribution in [0.5, 0.6) is 0 Å². The highest BCUT2D eigenvalue weighted by atomic mass is 16.5. The molecule has 1 N–H and O–H groups in total. The molecule has 3 atom stereocenters. The molecule has 1 aromatic heterocycles. The van der Waals surface area contributed by atoms with E-state index in [-0.39, 0.29) is 17.7 Å². The van der Waals surface area contributed by atoms with Crippen LogP contribution in [0, 0.1) is 0 Å². The lowest BCUT2D eigenvalue weighted by atomic mass is 9.88. The Morgan fingerprint density at radius 1 is 1.21 bits per heavy atom. The van der Waals surface area contributed by atoms with Gasteiger partial charge in [-0.1, -0.05) is 18.2 Å². The van der Waals surface area contributed by atoms with Crippen LogP contribution >= 0.6 is 0 Å². The molecule has 2 saturated heterocycles. The third kappa shape index (κ3) is 2.36. The molecule has 148 valence electrons. The van der Waals surface area contributed by atoms with Crippen LogP contribution in [0.25, 0.3) is 11.1 Å². The average Bonchev–Trinajstić information content (AvgIpc) is 3.45. The number of fused-ring (bicyclic) bond motifs is 7. The Morgan fingerprint density at radius 3 is 2.90 bits per heavy atom. The number of carbonyl (C=O) groups is 1. The van der Waals surface area contributed by atoms with Gasteiger partial charge in [-0.2, -0.15) is 0 Å². The van der Waals surface area contributed by atoms with E-state index in [1.165, 1.54) is 34.5 Å². The number of ether oxygens (including phenoxy) is 2. The molecule has 0 amide bonds. The van der Waals surface area contributed by atoms with Gasteiger partial charge in [0.2, 0.25) is 0 Å². The molecular weight excluding hydrogens is 370 g/mol. The fourth-order valence-electron chi connectivity index (χ4n) is 5.57. The normalized spacial score (nSPS) is 26.8. The summed E-state index contributed by atoms with van der Waals surface area (Å²) in [5, 5.41) is 9.43. The zero-order valence-corrected chi connectivity index (χ0v) is 15.9. The number of aromatic nitrogens is 1. The second kappa shape index (κ2) is 6.15. The summed E-state index contributed by atoms with van der Waals surface area (Å²) >= 11 is 0. The second-order valence-corrected chi connectivity index (χ2v) is 8.30. The van der Waals surface area contributed by atoms with E-state index in [2.05, 4.69) is 18.2 Å². The summed E-state index contributed by atoms with van der Waals surface area (Å²) in [4.78, 5) is 24.0. The lowest BCUT2D eigenvalue weighted by Gasteiger charge is -2.32. The van der Waals surface area contributed by atoms with Gasteiger partial charge in [-0.05, 0) is 40.7 Å². The van der Waals surface area contributed by atoms with E-state index >= 15 is 0 Å². The zero-order valence-electron chi connectivity index (χ0n) is 15.9. The number of hydrogen-bond acceptors (Lipinski definition) is 4. The Balaban J connectivity index is 1.55. The molecule has 6 nitrogen and oxygen atoms in total. The highest BCUT2D eigenvalue weighted by Gasteiger charge is 2.44. The molecule has 1 aliphatic carbocycles. The monoisotopic (exact) mass is 391 g/mol. The Labute approximate surface area is 167 Å². The third-order valence-electron chi connectivity index (χ3n) is 6.87. The molecule has 29 heavy (non-hydrogen) atoms. The number of pyridine rings is 1. The lowest BCUT2D eigenvalue weighted by molar-refractivity contribution is 0.0693. The molecule has 3 aliphatic heterocycles. The first kappa shape index (κ1) is 17.2. The second-order valence-electron chi connectivity index (χ2n) is 8.30. The third-order valence-corrected chi connectivity index (χ3v) is 6.87. The van der Waals surface area contributed by atoms with Crippen molar-refractivity contribution in [2.24, 2.45) is 0 Å². The molecule has 6 rings (SSSR count). The highest BCUT2D eigenvalue weighted by Crippen LogP contribution is 2.51. The minimum Gasteiger partial charge on any atom is -0.477 e. The van der Waals surface area contributed by atoms with Crippen molar-refractivity contribution in [1.82, 2.24) is 4.57 Å². The topological polar surface area (TPSA) is 77.8 Å². The van der Waals surface area contributed by atoms with Crippen molar-refractivity contribution in [3.05, 3.63) is 68.6 Å². The molecule has 0 saturated carbocycles. The molecule has 2 aromatic rings. The minimum absolute atomic E-state index is 0.0203. The zero-order chi connectivity index (χ0) is 19.7. The van der Waals surface area contributed by atoms with Crippen molar-refractivity contribution < 1.29 is 19.4 Å². The number of aromatic carboxylic acids is 1. The van der Waals surface area contributed by atoms with Gasteiger partial charge in [0.25, 0.3) is 0 Å². The van der Waals surface area contributed by atoms with E-state index < -0.39 is 11.4 Å². The van der Waals surface area contributed by atoms with Crippen molar-refractivity contribution in [3.8, 4) is 0 Å². The Bertz CT molecular complexity index is 1140. The predicted molar refractivity (Wildman–Crippen MR) is 106 cm³/mol. The van der Waals surface area contributed by atoms with Gasteiger partial charge >= 0.3 is 5.97 Å². The fraction of sp³-hybridized carbons (Fsp3) is 0.391. The summed E-state index contributed by atoms with van der Waals surface area (Å²) in [7, 11) is 0. The first-order valence-electron chi connectivity index (χ1n) is 10.2. The van der Waals surface area contributed by atoms with Crippen molar-refractivity contribution in [1.29, 1.82) is 0 Å². The van der Waals surface area contributed by atoms with E-state index in [9.17, 15) is 14.7 Å². The quantitative estimate of drug-likeness (QED) is 0.852. The van der Waals surface area contributed by atoms with Gasteiger partial charge in [-0.25, -0.2) is 4.79 Å². The SMILES string of the molecule is O=C(O)c1cn2c(cc1=O)C1=C(c3cccc(C4CCOC4)c3C1)[C@H]1OCC[C@H]12. The largest absolute Gasteiger partial charge is 0.477 e. The highest BCUT2D eigenvalue weighted by molar-refractivity contribution is 6.00. The number of allylic oxidation sites excluding steroid dienone is 1. The van der Waals surface area contributed by atoms with E-state index in [1.54, 1.807) is 0 Å². The standard InChI is InChI=1S/C23H21NO5/c25-20-9-19-16-8-15-13(12-4-6-28-11-12)2-1-3-14(15)21(16)22-18(5-7-29-22)24(19)10-17(20)23(26)27/h1-3,9-10,12,18,22H,4-8,11H2,(H,26,27)/t12?,18-,22+/m1/s1. The van der Waals surface area contributed by atoms with Gasteiger partial charge in [-0.3, -0.25) is 4.79 Å². The molecule has 1 unspecified atom stereocenters. The van der Waals surface area contributed by atoms with Crippen LogP contribution in [0.4, 0.5) is 0 Å². The van der Waals surface area contributed by atoms with Crippen molar-refractivity contribution in [2.75, 3.05) is 19.8 Å². The maximum atomic E-state index is 12.5. The van der Waals surface area contributed by atoms with Gasteiger partial charge in [0.1, 0.15) is 11.7 Å². The van der Waals surface area contributed by atoms with Crippen molar-refractivity contribution >= 4 is 17.1 Å².